The van der Waals surface area contributed by atoms with Gasteiger partial charge in [-0.1, -0.05) is 0 Å². The van der Waals surface area contributed by atoms with Crippen molar-refractivity contribution in [1.29, 1.82) is 0 Å². The van der Waals surface area contributed by atoms with Crippen LogP contribution < -0.4 is 0 Å². The smallest absolute Gasteiger partial charge is 0.328 e. The third kappa shape index (κ3) is 1.39. The van der Waals surface area contributed by atoms with Crippen LogP contribution in [0.3, 0.4) is 0 Å². The first-order valence-electron chi connectivity index (χ1n) is 2.57. The highest BCUT2D eigenvalue weighted by Gasteiger charge is 2.57. The summed E-state index contributed by atoms with van der Waals surface area (Å²) >= 11 is 0. The topological polar surface area (TPSA) is 51.2 Å². The molecule has 0 amide bonds. The second-order valence-corrected chi connectivity index (χ2v) is 4.15. The minimum atomic E-state index is -2.61. The third-order valence-electron chi connectivity index (χ3n) is 1.20. The van der Waals surface area contributed by atoms with E-state index in [1.165, 1.54) is 14.2 Å². The van der Waals surface area contributed by atoms with Crippen molar-refractivity contribution >= 4 is 7.94 Å². The second kappa shape index (κ2) is 2.48. The van der Waals surface area contributed by atoms with Gasteiger partial charge in [0.1, 0.15) is 6.61 Å². The monoisotopic (exact) mass is 153 g/mol. The highest BCUT2D eigenvalue weighted by atomic mass is 31.2. The quantitative estimate of drug-likeness (QED) is 0.470. The van der Waals surface area contributed by atoms with Gasteiger partial charge in [0.15, 0.2) is 0 Å². The first kappa shape index (κ1) is 7.38. The van der Waals surface area contributed by atoms with E-state index in [-0.39, 0.29) is 5.85 Å². The van der Waals surface area contributed by atoms with Crippen molar-refractivity contribution in [3.63, 3.8) is 0 Å². The van der Waals surface area contributed by atoms with Crippen LogP contribution in [0.25, 0.3) is 0 Å². The SMILES string of the molecule is CO[P+](O)(OC)C1CO1. The Bertz CT molecular complexity index is 98.7. The average Bonchev–Trinajstić information content (AvgIpc) is 2.68. The molecular formula is C4H10O4P+. The fourth-order valence-corrected chi connectivity index (χ4v) is 1.62. The zero-order valence-corrected chi connectivity index (χ0v) is 6.30. The molecule has 1 fully saturated rings. The fourth-order valence-electron chi connectivity index (χ4n) is 0.541. The molecule has 0 radical (unpaired) electrons. The molecular weight excluding hydrogens is 143 g/mol. The Morgan fingerprint density at radius 3 is 2.11 bits per heavy atom. The minimum absolute atomic E-state index is 0.201. The van der Waals surface area contributed by atoms with E-state index in [2.05, 4.69) is 0 Å². The lowest BCUT2D eigenvalue weighted by molar-refractivity contribution is 0.224. The summed E-state index contributed by atoms with van der Waals surface area (Å²) in [4.78, 5) is 9.31. The van der Waals surface area contributed by atoms with Crippen LogP contribution in [0.5, 0.6) is 0 Å². The first-order valence-corrected chi connectivity index (χ1v) is 4.22. The van der Waals surface area contributed by atoms with Crippen LogP contribution in [-0.2, 0) is 13.8 Å². The van der Waals surface area contributed by atoms with Crippen LogP contribution in [-0.4, -0.2) is 31.6 Å². The van der Waals surface area contributed by atoms with Gasteiger partial charge in [-0.2, -0.15) is 13.9 Å². The summed E-state index contributed by atoms with van der Waals surface area (Å²) in [7, 11) is 0.217. The lowest BCUT2D eigenvalue weighted by Gasteiger charge is -2.08. The van der Waals surface area contributed by atoms with E-state index in [1.54, 1.807) is 0 Å². The lowest BCUT2D eigenvalue weighted by Crippen LogP contribution is -2.02. The second-order valence-electron chi connectivity index (χ2n) is 1.72. The van der Waals surface area contributed by atoms with Gasteiger partial charge in [-0.05, 0) is 0 Å². The molecule has 1 aliphatic heterocycles. The molecule has 54 valence electrons. The average molecular weight is 153 g/mol. The highest BCUT2D eigenvalue weighted by Crippen LogP contribution is 2.64. The van der Waals surface area contributed by atoms with Crippen molar-refractivity contribution in [3.8, 4) is 0 Å². The molecule has 1 saturated heterocycles. The van der Waals surface area contributed by atoms with Crippen LogP contribution >= 0.6 is 7.94 Å². The number of epoxide rings is 1. The van der Waals surface area contributed by atoms with Gasteiger partial charge in [0.2, 0.25) is 0 Å². The van der Waals surface area contributed by atoms with E-state index in [9.17, 15) is 4.89 Å². The molecule has 0 aromatic heterocycles. The maximum atomic E-state index is 9.31. The van der Waals surface area contributed by atoms with Gasteiger partial charge in [-0.25, -0.2) is 0 Å². The lowest BCUT2D eigenvalue weighted by atomic mass is 11.0. The Morgan fingerprint density at radius 2 is 2.00 bits per heavy atom. The predicted molar refractivity (Wildman–Crippen MR) is 32.9 cm³/mol. The van der Waals surface area contributed by atoms with Crippen LogP contribution in [0.4, 0.5) is 0 Å². The Hall–Kier alpha value is 0.270. The summed E-state index contributed by atoms with van der Waals surface area (Å²) in [5, 5.41) is 0. The van der Waals surface area contributed by atoms with Gasteiger partial charge in [0.25, 0.3) is 5.85 Å². The zero-order chi connectivity index (χ0) is 6.91. The fraction of sp³-hybridized carbons (Fsp3) is 1.00. The maximum Gasteiger partial charge on any atom is 0.442 e. The summed E-state index contributed by atoms with van der Waals surface area (Å²) in [5.41, 5.74) is 0. The third-order valence-corrected chi connectivity index (χ3v) is 3.28. The Labute approximate surface area is 54.3 Å². The van der Waals surface area contributed by atoms with Crippen LogP contribution in [0, 0.1) is 0 Å². The number of hydrogen-bond acceptors (Lipinski definition) is 4. The zero-order valence-electron chi connectivity index (χ0n) is 5.40. The van der Waals surface area contributed by atoms with E-state index >= 15 is 0 Å². The van der Waals surface area contributed by atoms with E-state index in [1.807, 2.05) is 0 Å². The molecule has 1 rings (SSSR count). The minimum Gasteiger partial charge on any atom is -0.328 e. The Kier molecular flexibility index (Phi) is 2.03. The molecule has 1 N–H and O–H groups in total. The molecule has 1 aliphatic rings. The molecule has 9 heavy (non-hydrogen) atoms. The summed E-state index contributed by atoms with van der Waals surface area (Å²) in [6.07, 6.45) is 0. The van der Waals surface area contributed by atoms with Crippen molar-refractivity contribution in [2.45, 2.75) is 5.85 Å². The molecule has 0 bridgehead atoms. The van der Waals surface area contributed by atoms with Crippen molar-refractivity contribution < 1.29 is 18.7 Å². The molecule has 1 unspecified atom stereocenters. The standard InChI is InChI=1S/C4H10O4P/c1-6-9(5,7-2)4-3-8-4/h4-5H,3H2,1-2H3/q+1. The largest absolute Gasteiger partial charge is 0.442 e. The van der Waals surface area contributed by atoms with Crippen molar-refractivity contribution in [2.24, 2.45) is 0 Å². The molecule has 0 aromatic carbocycles. The van der Waals surface area contributed by atoms with E-state index in [0.29, 0.717) is 6.61 Å². The summed E-state index contributed by atoms with van der Waals surface area (Å²) in [5.74, 6) is -0.201. The summed E-state index contributed by atoms with van der Waals surface area (Å²) in [6, 6.07) is 0. The molecule has 1 heterocycles. The molecule has 1 atom stereocenters. The van der Waals surface area contributed by atoms with Gasteiger partial charge < -0.3 is 4.74 Å². The molecule has 5 heteroatoms. The Morgan fingerprint density at radius 1 is 1.56 bits per heavy atom. The number of ether oxygens (including phenoxy) is 1. The van der Waals surface area contributed by atoms with E-state index in [0.717, 1.165) is 0 Å². The maximum absolute atomic E-state index is 9.31. The Balaban J connectivity index is 2.43. The van der Waals surface area contributed by atoms with E-state index in [4.69, 9.17) is 13.8 Å². The van der Waals surface area contributed by atoms with Gasteiger partial charge in [0.05, 0.1) is 14.2 Å². The van der Waals surface area contributed by atoms with Crippen LogP contribution in [0.15, 0.2) is 0 Å². The summed E-state index contributed by atoms with van der Waals surface area (Å²) in [6.45, 7) is 0.548. The van der Waals surface area contributed by atoms with Crippen molar-refractivity contribution in [1.82, 2.24) is 0 Å². The van der Waals surface area contributed by atoms with Crippen LogP contribution in [0.1, 0.15) is 0 Å². The van der Waals surface area contributed by atoms with Gasteiger partial charge in [-0.15, -0.1) is 0 Å². The molecule has 0 aromatic rings. The molecule has 4 nitrogen and oxygen atoms in total. The highest BCUT2D eigenvalue weighted by molar-refractivity contribution is 7.61. The predicted octanol–water partition coefficient (Wildman–Crippen LogP) is 0.390. The van der Waals surface area contributed by atoms with Crippen LogP contribution in [0.2, 0.25) is 0 Å². The number of rotatable bonds is 3. The number of hydrogen-bond donors (Lipinski definition) is 1. The summed E-state index contributed by atoms with van der Waals surface area (Å²) < 4.78 is 14.3. The first-order chi connectivity index (χ1) is 4.23. The molecule has 0 saturated carbocycles. The van der Waals surface area contributed by atoms with Crippen molar-refractivity contribution in [2.75, 3.05) is 20.8 Å². The molecule has 0 spiro atoms. The van der Waals surface area contributed by atoms with Gasteiger partial charge >= 0.3 is 7.94 Å². The van der Waals surface area contributed by atoms with Gasteiger partial charge in [-0.3, -0.25) is 0 Å². The van der Waals surface area contributed by atoms with Gasteiger partial charge in [0, 0.05) is 0 Å². The molecule has 0 aliphatic carbocycles. The van der Waals surface area contributed by atoms with Crippen molar-refractivity contribution in [3.05, 3.63) is 0 Å². The van der Waals surface area contributed by atoms with E-state index < -0.39 is 7.94 Å². The normalized spacial score (nSPS) is 26.3.